The fraction of sp³-hybridized carbons (Fsp3) is 0.500. The number of hydrogen-bond acceptors (Lipinski definition) is 2. The summed E-state index contributed by atoms with van der Waals surface area (Å²) in [6, 6.07) is 6.91. The Morgan fingerprint density at radius 1 is 1.25 bits per heavy atom. The van der Waals surface area contributed by atoms with Crippen LogP contribution in [0.4, 0.5) is 8.78 Å². The first-order chi connectivity index (χ1) is 7.63. The average molecular weight is 245 g/mol. The molecule has 90 valence electrons. The van der Waals surface area contributed by atoms with Crippen molar-refractivity contribution in [2.24, 2.45) is 0 Å². The SMILES string of the molecule is CSCC(C)NCc1ccc(C(F)F)cc1. The molecule has 0 aromatic heterocycles. The molecule has 0 bridgehead atoms. The summed E-state index contributed by atoms with van der Waals surface area (Å²) in [7, 11) is 0. The molecule has 0 aliphatic rings. The van der Waals surface area contributed by atoms with Crippen LogP contribution in [0.25, 0.3) is 0 Å². The number of benzene rings is 1. The molecule has 0 saturated carbocycles. The first-order valence-corrected chi connectivity index (χ1v) is 6.62. The predicted molar refractivity (Wildman–Crippen MR) is 66.1 cm³/mol. The number of nitrogens with one attached hydrogen (secondary N) is 1. The van der Waals surface area contributed by atoms with Crippen LogP contribution in [0.5, 0.6) is 0 Å². The van der Waals surface area contributed by atoms with Crippen LogP contribution in [0.15, 0.2) is 24.3 Å². The van der Waals surface area contributed by atoms with Crippen LogP contribution in [0.1, 0.15) is 24.5 Å². The quantitative estimate of drug-likeness (QED) is 0.823. The molecule has 1 atom stereocenters. The Morgan fingerprint density at radius 2 is 1.88 bits per heavy atom. The highest BCUT2D eigenvalue weighted by Gasteiger charge is 2.06. The van der Waals surface area contributed by atoms with E-state index in [0.717, 1.165) is 17.9 Å². The van der Waals surface area contributed by atoms with Crippen molar-refractivity contribution in [3.63, 3.8) is 0 Å². The molecular formula is C12H17F2NS. The van der Waals surface area contributed by atoms with Crippen LogP contribution in [0.3, 0.4) is 0 Å². The van der Waals surface area contributed by atoms with Gasteiger partial charge in [0, 0.05) is 23.9 Å². The average Bonchev–Trinajstić information content (AvgIpc) is 2.27. The summed E-state index contributed by atoms with van der Waals surface area (Å²) in [6.07, 6.45) is -0.312. The summed E-state index contributed by atoms with van der Waals surface area (Å²) in [5, 5.41) is 3.34. The molecule has 0 heterocycles. The summed E-state index contributed by atoms with van der Waals surface area (Å²) in [5.74, 6) is 1.05. The highest BCUT2D eigenvalue weighted by atomic mass is 32.2. The van der Waals surface area contributed by atoms with Crippen molar-refractivity contribution in [1.29, 1.82) is 0 Å². The van der Waals surface area contributed by atoms with Crippen molar-refractivity contribution < 1.29 is 8.78 Å². The zero-order chi connectivity index (χ0) is 12.0. The van der Waals surface area contributed by atoms with Crippen LogP contribution in [0.2, 0.25) is 0 Å². The molecular weight excluding hydrogens is 228 g/mol. The van der Waals surface area contributed by atoms with Crippen LogP contribution < -0.4 is 5.32 Å². The molecule has 1 aromatic carbocycles. The van der Waals surface area contributed by atoms with Crippen LogP contribution in [-0.2, 0) is 6.54 Å². The third-order valence-corrected chi connectivity index (χ3v) is 3.14. The van der Waals surface area contributed by atoms with Gasteiger partial charge in [-0.1, -0.05) is 24.3 Å². The zero-order valence-corrected chi connectivity index (χ0v) is 10.4. The molecule has 0 radical (unpaired) electrons. The van der Waals surface area contributed by atoms with Gasteiger partial charge in [0.1, 0.15) is 0 Å². The first kappa shape index (κ1) is 13.5. The van der Waals surface area contributed by atoms with Gasteiger partial charge in [-0.25, -0.2) is 8.78 Å². The Bertz CT molecular complexity index is 300. The fourth-order valence-corrected chi connectivity index (χ4v) is 2.00. The summed E-state index contributed by atoms with van der Waals surface area (Å²) in [6.45, 7) is 2.84. The van der Waals surface area contributed by atoms with E-state index in [-0.39, 0.29) is 5.56 Å². The van der Waals surface area contributed by atoms with Gasteiger partial charge in [-0.3, -0.25) is 0 Å². The predicted octanol–water partition coefficient (Wildman–Crippen LogP) is 3.47. The van der Waals surface area contributed by atoms with Crippen molar-refractivity contribution >= 4 is 11.8 Å². The lowest BCUT2D eigenvalue weighted by Crippen LogP contribution is -2.27. The molecule has 0 saturated heterocycles. The Hall–Kier alpha value is -0.610. The van der Waals surface area contributed by atoms with Crippen LogP contribution >= 0.6 is 11.8 Å². The molecule has 0 amide bonds. The van der Waals surface area contributed by atoms with E-state index in [1.54, 1.807) is 23.9 Å². The van der Waals surface area contributed by atoms with E-state index in [4.69, 9.17) is 0 Å². The van der Waals surface area contributed by atoms with Gasteiger partial charge in [0.25, 0.3) is 6.43 Å². The number of rotatable bonds is 6. The van der Waals surface area contributed by atoms with Gasteiger partial charge in [-0.15, -0.1) is 0 Å². The van der Waals surface area contributed by atoms with Crippen molar-refractivity contribution in [3.8, 4) is 0 Å². The van der Waals surface area contributed by atoms with E-state index in [2.05, 4.69) is 18.5 Å². The number of halogens is 2. The molecule has 1 N–H and O–H groups in total. The van der Waals surface area contributed by atoms with Crippen LogP contribution in [0, 0.1) is 0 Å². The van der Waals surface area contributed by atoms with E-state index in [9.17, 15) is 8.78 Å². The Balaban J connectivity index is 2.43. The normalized spacial score (nSPS) is 13.1. The molecule has 4 heteroatoms. The second kappa shape index (κ2) is 6.86. The van der Waals surface area contributed by atoms with Crippen molar-refractivity contribution in [1.82, 2.24) is 5.32 Å². The maximum atomic E-state index is 12.3. The maximum Gasteiger partial charge on any atom is 0.263 e. The Labute approximate surface area is 99.6 Å². The molecule has 0 aliphatic carbocycles. The Morgan fingerprint density at radius 3 is 2.38 bits per heavy atom. The second-order valence-electron chi connectivity index (χ2n) is 3.78. The zero-order valence-electron chi connectivity index (χ0n) is 9.54. The molecule has 1 unspecified atom stereocenters. The minimum atomic E-state index is -2.38. The topological polar surface area (TPSA) is 12.0 Å². The fourth-order valence-electron chi connectivity index (χ4n) is 1.38. The van der Waals surface area contributed by atoms with Crippen molar-refractivity contribution in [2.75, 3.05) is 12.0 Å². The standard InChI is InChI=1S/C12H17F2NS/c1-9(8-16-2)15-7-10-3-5-11(6-4-10)12(13)14/h3-6,9,12,15H,7-8H2,1-2H3. The maximum absolute atomic E-state index is 12.3. The Kier molecular flexibility index (Phi) is 5.77. The summed E-state index contributed by atoms with van der Waals surface area (Å²) < 4.78 is 24.6. The third-order valence-electron chi connectivity index (χ3n) is 2.30. The lowest BCUT2D eigenvalue weighted by atomic mass is 10.1. The first-order valence-electron chi connectivity index (χ1n) is 5.22. The van der Waals surface area contributed by atoms with Crippen LogP contribution in [-0.4, -0.2) is 18.1 Å². The lowest BCUT2D eigenvalue weighted by Gasteiger charge is -2.12. The molecule has 1 nitrogen and oxygen atoms in total. The van der Waals surface area contributed by atoms with Gasteiger partial charge in [-0.2, -0.15) is 11.8 Å². The molecule has 16 heavy (non-hydrogen) atoms. The second-order valence-corrected chi connectivity index (χ2v) is 4.69. The van der Waals surface area contributed by atoms with E-state index < -0.39 is 6.43 Å². The van der Waals surface area contributed by atoms with Crippen molar-refractivity contribution in [2.45, 2.75) is 25.9 Å². The number of alkyl halides is 2. The van der Waals surface area contributed by atoms with Gasteiger partial charge in [-0.05, 0) is 18.7 Å². The van der Waals surface area contributed by atoms with Gasteiger partial charge in [0.2, 0.25) is 0 Å². The van der Waals surface area contributed by atoms with E-state index >= 15 is 0 Å². The van der Waals surface area contributed by atoms with Gasteiger partial charge < -0.3 is 5.32 Å². The van der Waals surface area contributed by atoms with Gasteiger partial charge >= 0.3 is 0 Å². The van der Waals surface area contributed by atoms with E-state index in [1.807, 2.05) is 0 Å². The van der Waals surface area contributed by atoms with E-state index in [1.165, 1.54) is 12.1 Å². The smallest absolute Gasteiger partial charge is 0.263 e. The third kappa shape index (κ3) is 4.49. The van der Waals surface area contributed by atoms with Crippen molar-refractivity contribution in [3.05, 3.63) is 35.4 Å². The molecule has 0 spiro atoms. The van der Waals surface area contributed by atoms with Gasteiger partial charge in [0.15, 0.2) is 0 Å². The summed E-state index contributed by atoms with van der Waals surface area (Å²) >= 11 is 1.79. The molecule has 0 aliphatic heterocycles. The highest BCUT2D eigenvalue weighted by molar-refractivity contribution is 7.98. The monoisotopic (exact) mass is 245 g/mol. The highest BCUT2D eigenvalue weighted by Crippen LogP contribution is 2.18. The lowest BCUT2D eigenvalue weighted by molar-refractivity contribution is 0.151. The van der Waals surface area contributed by atoms with E-state index in [0.29, 0.717) is 6.04 Å². The molecule has 0 fully saturated rings. The minimum Gasteiger partial charge on any atom is -0.309 e. The minimum absolute atomic E-state index is 0.0842. The summed E-state index contributed by atoms with van der Waals surface area (Å²) in [4.78, 5) is 0. The molecule has 1 rings (SSSR count). The number of thioether (sulfide) groups is 1. The molecule has 1 aromatic rings. The number of hydrogen-bond donors (Lipinski definition) is 1. The van der Waals surface area contributed by atoms with Gasteiger partial charge in [0.05, 0.1) is 0 Å². The summed E-state index contributed by atoms with van der Waals surface area (Å²) in [5.41, 5.74) is 1.12. The largest absolute Gasteiger partial charge is 0.309 e.